The molecule has 0 aliphatic heterocycles. The van der Waals surface area contributed by atoms with Gasteiger partial charge in [0.25, 0.3) is 6.47 Å². The second-order valence-electron chi connectivity index (χ2n) is 5.76. The predicted octanol–water partition coefficient (Wildman–Crippen LogP) is 4.45. The van der Waals surface area contributed by atoms with E-state index in [0.717, 1.165) is 11.1 Å². The number of ether oxygens (including phenoxy) is 1. The van der Waals surface area contributed by atoms with Gasteiger partial charge in [0.2, 0.25) is 0 Å². The molecule has 1 N–H and O–H groups in total. The maximum Gasteiger partial charge on any atom is 0.293 e. The van der Waals surface area contributed by atoms with Crippen molar-refractivity contribution in [3.63, 3.8) is 0 Å². The van der Waals surface area contributed by atoms with Crippen molar-refractivity contribution < 1.29 is 9.53 Å². The van der Waals surface area contributed by atoms with Gasteiger partial charge in [-0.3, -0.25) is 4.79 Å². The maximum absolute atomic E-state index is 10.5. The fourth-order valence-corrected chi connectivity index (χ4v) is 3.34. The van der Waals surface area contributed by atoms with E-state index in [2.05, 4.69) is 23.2 Å². The van der Waals surface area contributed by atoms with Gasteiger partial charge in [-0.25, -0.2) is 0 Å². The predicted molar refractivity (Wildman–Crippen MR) is 79.7 cm³/mol. The lowest BCUT2D eigenvalue weighted by Crippen LogP contribution is -2.04. The molecule has 1 atom stereocenters. The highest BCUT2D eigenvalue weighted by atomic mass is 16.5. The van der Waals surface area contributed by atoms with Crippen molar-refractivity contribution in [1.29, 1.82) is 0 Å². The van der Waals surface area contributed by atoms with Crippen molar-refractivity contribution in [2.45, 2.75) is 51.0 Å². The first-order valence-electron chi connectivity index (χ1n) is 7.49. The highest BCUT2D eigenvalue weighted by Crippen LogP contribution is 2.35. The summed E-state index contributed by atoms with van der Waals surface area (Å²) in [5.74, 6) is 0.693. The number of carbonyl (C=O) groups is 1. The first-order valence-corrected chi connectivity index (χ1v) is 7.49. The standard InChI is InChI=1S/C17H21NO2/c1-12(20-11-19)16-10-18-17-8-7-14(9-15(16)17)13-5-3-2-4-6-13/h7-13,18H,2-6H2,1H3. The Labute approximate surface area is 119 Å². The van der Waals surface area contributed by atoms with Crippen LogP contribution in [0, 0.1) is 0 Å². The van der Waals surface area contributed by atoms with Crippen LogP contribution in [0.4, 0.5) is 0 Å². The Morgan fingerprint density at radius 3 is 2.85 bits per heavy atom. The van der Waals surface area contributed by atoms with Crippen molar-refractivity contribution >= 4 is 17.4 Å². The number of nitrogens with one attached hydrogen (secondary N) is 1. The molecule has 1 heterocycles. The molecular weight excluding hydrogens is 250 g/mol. The van der Waals surface area contributed by atoms with E-state index in [1.54, 1.807) is 0 Å². The summed E-state index contributed by atoms with van der Waals surface area (Å²) in [5.41, 5.74) is 3.60. The zero-order chi connectivity index (χ0) is 13.9. The van der Waals surface area contributed by atoms with Crippen LogP contribution in [0.3, 0.4) is 0 Å². The molecule has 0 saturated heterocycles. The lowest BCUT2D eigenvalue weighted by atomic mass is 9.83. The molecule has 1 fully saturated rings. The Morgan fingerprint density at radius 2 is 2.10 bits per heavy atom. The number of aromatic nitrogens is 1. The van der Waals surface area contributed by atoms with E-state index >= 15 is 0 Å². The van der Waals surface area contributed by atoms with Crippen LogP contribution in [-0.2, 0) is 9.53 Å². The Morgan fingerprint density at radius 1 is 1.30 bits per heavy atom. The van der Waals surface area contributed by atoms with Crippen molar-refractivity contribution in [2.75, 3.05) is 0 Å². The number of rotatable bonds is 4. The molecule has 106 valence electrons. The molecule has 0 radical (unpaired) electrons. The molecule has 2 aromatic rings. The van der Waals surface area contributed by atoms with E-state index in [9.17, 15) is 4.79 Å². The second kappa shape index (κ2) is 5.70. The summed E-state index contributed by atoms with van der Waals surface area (Å²) in [5, 5.41) is 1.18. The van der Waals surface area contributed by atoms with Crippen LogP contribution >= 0.6 is 0 Å². The minimum absolute atomic E-state index is 0.206. The summed E-state index contributed by atoms with van der Waals surface area (Å²) in [6.45, 7) is 2.43. The van der Waals surface area contributed by atoms with E-state index < -0.39 is 0 Å². The molecule has 3 rings (SSSR count). The molecule has 0 amide bonds. The van der Waals surface area contributed by atoms with E-state index in [0.29, 0.717) is 12.4 Å². The monoisotopic (exact) mass is 271 g/mol. The topological polar surface area (TPSA) is 42.1 Å². The molecule has 1 unspecified atom stereocenters. The number of aromatic amines is 1. The number of carbonyl (C=O) groups excluding carboxylic acids is 1. The molecule has 20 heavy (non-hydrogen) atoms. The van der Waals surface area contributed by atoms with Gasteiger partial charge in [-0.2, -0.15) is 0 Å². The molecular formula is C17H21NO2. The summed E-state index contributed by atoms with van der Waals surface area (Å²) in [4.78, 5) is 13.8. The zero-order valence-electron chi connectivity index (χ0n) is 11.9. The van der Waals surface area contributed by atoms with E-state index in [4.69, 9.17) is 4.74 Å². The fraction of sp³-hybridized carbons (Fsp3) is 0.471. The molecule has 1 saturated carbocycles. The third-order valence-electron chi connectivity index (χ3n) is 4.51. The van der Waals surface area contributed by atoms with Gasteiger partial charge < -0.3 is 9.72 Å². The van der Waals surface area contributed by atoms with E-state index in [-0.39, 0.29) is 6.10 Å². The van der Waals surface area contributed by atoms with Crippen molar-refractivity contribution in [2.24, 2.45) is 0 Å². The van der Waals surface area contributed by atoms with Crippen molar-refractivity contribution in [1.82, 2.24) is 4.98 Å². The van der Waals surface area contributed by atoms with Crippen LogP contribution < -0.4 is 0 Å². The number of fused-ring (bicyclic) bond motifs is 1. The summed E-state index contributed by atoms with van der Waals surface area (Å²) in [6.07, 6.45) is 8.39. The molecule has 1 aliphatic carbocycles. The van der Waals surface area contributed by atoms with Gasteiger partial charge in [-0.15, -0.1) is 0 Å². The molecule has 3 nitrogen and oxygen atoms in total. The van der Waals surface area contributed by atoms with Crippen molar-refractivity contribution in [3.05, 3.63) is 35.5 Å². The van der Waals surface area contributed by atoms with Crippen LogP contribution in [-0.4, -0.2) is 11.5 Å². The molecule has 1 aromatic carbocycles. The molecule has 0 bridgehead atoms. The van der Waals surface area contributed by atoms with Gasteiger partial charge in [0.1, 0.15) is 6.10 Å². The Hall–Kier alpha value is -1.77. The molecule has 1 aromatic heterocycles. The number of hydrogen-bond donors (Lipinski definition) is 1. The zero-order valence-corrected chi connectivity index (χ0v) is 11.9. The Bertz CT molecular complexity index is 596. The smallest absolute Gasteiger partial charge is 0.293 e. The Kier molecular flexibility index (Phi) is 3.77. The van der Waals surface area contributed by atoms with Crippen LogP contribution in [0.1, 0.15) is 62.2 Å². The summed E-state index contributed by atoms with van der Waals surface area (Å²) in [6, 6.07) is 6.67. The number of H-pyrrole nitrogens is 1. The van der Waals surface area contributed by atoms with Crippen LogP contribution in [0.2, 0.25) is 0 Å². The summed E-state index contributed by atoms with van der Waals surface area (Å²) < 4.78 is 5.08. The highest BCUT2D eigenvalue weighted by molar-refractivity contribution is 5.84. The first-order chi connectivity index (χ1) is 9.79. The summed E-state index contributed by atoms with van der Waals surface area (Å²) in [7, 11) is 0. The lowest BCUT2D eigenvalue weighted by molar-refractivity contribution is -0.133. The lowest BCUT2D eigenvalue weighted by Gasteiger charge is -2.22. The largest absolute Gasteiger partial charge is 0.460 e. The fourth-order valence-electron chi connectivity index (χ4n) is 3.34. The number of benzene rings is 1. The van der Waals surface area contributed by atoms with Crippen molar-refractivity contribution in [3.8, 4) is 0 Å². The van der Waals surface area contributed by atoms with Gasteiger partial charge in [0.15, 0.2) is 0 Å². The normalized spacial score (nSPS) is 18.1. The van der Waals surface area contributed by atoms with Crippen LogP contribution in [0.15, 0.2) is 24.4 Å². The third-order valence-corrected chi connectivity index (χ3v) is 4.51. The van der Waals surface area contributed by atoms with Gasteiger partial charge in [0.05, 0.1) is 0 Å². The van der Waals surface area contributed by atoms with Gasteiger partial charge >= 0.3 is 0 Å². The second-order valence-corrected chi connectivity index (χ2v) is 5.76. The van der Waals surface area contributed by atoms with E-state index in [1.807, 2.05) is 13.1 Å². The van der Waals surface area contributed by atoms with Crippen LogP contribution in [0.5, 0.6) is 0 Å². The summed E-state index contributed by atoms with van der Waals surface area (Å²) >= 11 is 0. The third kappa shape index (κ3) is 2.45. The molecule has 1 aliphatic rings. The van der Waals surface area contributed by atoms with Gasteiger partial charge in [-0.05, 0) is 43.4 Å². The highest BCUT2D eigenvalue weighted by Gasteiger charge is 2.18. The first kappa shape index (κ1) is 13.2. The van der Waals surface area contributed by atoms with Gasteiger partial charge in [0, 0.05) is 22.7 Å². The van der Waals surface area contributed by atoms with Crippen LogP contribution in [0.25, 0.3) is 10.9 Å². The maximum atomic E-state index is 10.5. The average molecular weight is 271 g/mol. The Balaban J connectivity index is 1.95. The number of hydrogen-bond acceptors (Lipinski definition) is 2. The minimum Gasteiger partial charge on any atom is -0.460 e. The van der Waals surface area contributed by atoms with E-state index in [1.165, 1.54) is 43.1 Å². The van der Waals surface area contributed by atoms with Gasteiger partial charge in [-0.1, -0.05) is 25.3 Å². The average Bonchev–Trinajstić information content (AvgIpc) is 2.91. The molecule has 0 spiro atoms. The molecule has 3 heteroatoms. The minimum atomic E-state index is -0.206. The SMILES string of the molecule is CC(OC=O)c1c[nH]c2ccc(C3CCCCC3)cc12. The quantitative estimate of drug-likeness (QED) is 0.835.